The number of rotatable bonds is 0. The number of phenols is 1. The number of hydrogen-bond donors (Lipinski definition) is 2. The van der Waals surface area contributed by atoms with E-state index < -0.39 is 5.60 Å². The van der Waals surface area contributed by atoms with Crippen LogP contribution in [0.25, 0.3) is 0 Å². The quantitative estimate of drug-likeness (QED) is 0.569. The van der Waals surface area contributed by atoms with Crippen LogP contribution in [-0.4, -0.2) is 34.0 Å². The number of carbonyl (C=O) groups excluding carboxylic acids is 1. The lowest BCUT2D eigenvalue weighted by Crippen LogP contribution is -2.37. The fourth-order valence-corrected chi connectivity index (χ4v) is 2.97. The highest BCUT2D eigenvalue weighted by Crippen LogP contribution is 2.34. The summed E-state index contributed by atoms with van der Waals surface area (Å²) in [4.78, 5) is 14.8. The molecule has 0 unspecified atom stereocenters. The van der Waals surface area contributed by atoms with Gasteiger partial charge in [-0.05, 0) is 38.5 Å². The van der Waals surface area contributed by atoms with Crippen molar-refractivity contribution in [3.8, 4) is 5.75 Å². The third kappa shape index (κ3) is 3.50. The van der Waals surface area contributed by atoms with Gasteiger partial charge in [0.25, 0.3) is 0 Å². The van der Waals surface area contributed by atoms with Crippen molar-refractivity contribution in [3.63, 3.8) is 0 Å². The second kappa shape index (κ2) is 5.44. The Kier molecular flexibility index (Phi) is 4.04. The van der Waals surface area contributed by atoms with Gasteiger partial charge in [-0.15, -0.1) is 11.8 Å². The number of thioether (sulfide) groups is 1. The lowest BCUT2D eigenvalue weighted by Gasteiger charge is -2.26. The van der Waals surface area contributed by atoms with Crippen LogP contribution < -0.4 is 5.73 Å². The number of anilines is 1. The van der Waals surface area contributed by atoms with Crippen LogP contribution in [0.5, 0.6) is 5.75 Å². The molecular formula is C14H20N2O3S. The van der Waals surface area contributed by atoms with Crippen molar-refractivity contribution in [2.45, 2.75) is 37.8 Å². The van der Waals surface area contributed by atoms with Gasteiger partial charge in [0.2, 0.25) is 0 Å². The number of hydrogen-bond acceptors (Lipinski definition) is 5. The molecule has 0 bridgehead atoms. The molecule has 1 amide bonds. The van der Waals surface area contributed by atoms with Gasteiger partial charge in [0, 0.05) is 17.2 Å². The van der Waals surface area contributed by atoms with Crippen LogP contribution in [-0.2, 0) is 11.3 Å². The van der Waals surface area contributed by atoms with E-state index in [4.69, 9.17) is 10.5 Å². The van der Waals surface area contributed by atoms with Gasteiger partial charge in [0.15, 0.2) is 0 Å². The van der Waals surface area contributed by atoms with Gasteiger partial charge in [-0.25, -0.2) is 4.79 Å². The number of ether oxygens (including phenoxy) is 1. The minimum Gasteiger partial charge on any atom is -0.506 e. The third-order valence-electron chi connectivity index (χ3n) is 2.84. The van der Waals surface area contributed by atoms with Crippen molar-refractivity contribution >= 4 is 23.5 Å². The zero-order valence-corrected chi connectivity index (χ0v) is 12.8. The number of nitrogens with two attached hydrogens (primary N) is 1. The molecule has 0 fully saturated rings. The first-order valence-electron chi connectivity index (χ1n) is 6.48. The maximum Gasteiger partial charge on any atom is 0.410 e. The average Bonchev–Trinajstić information content (AvgIpc) is 2.50. The van der Waals surface area contributed by atoms with Crippen molar-refractivity contribution in [2.75, 3.05) is 18.0 Å². The molecule has 5 nitrogen and oxygen atoms in total. The van der Waals surface area contributed by atoms with Gasteiger partial charge in [-0.2, -0.15) is 0 Å². The van der Waals surface area contributed by atoms with E-state index in [9.17, 15) is 9.90 Å². The molecular weight excluding hydrogens is 276 g/mol. The number of aromatic hydroxyl groups is 1. The minimum atomic E-state index is -0.511. The van der Waals surface area contributed by atoms with Crippen molar-refractivity contribution in [2.24, 2.45) is 0 Å². The molecule has 0 saturated heterocycles. The van der Waals surface area contributed by atoms with E-state index in [1.807, 2.05) is 20.8 Å². The van der Waals surface area contributed by atoms with E-state index in [-0.39, 0.29) is 11.8 Å². The largest absolute Gasteiger partial charge is 0.506 e. The molecule has 3 N–H and O–H groups in total. The number of amides is 1. The fraction of sp³-hybridized carbons (Fsp3) is 0.500. The first-order valence-corrected chi connectivity index (χ1v) is 7.47. The molecule has 1 heterocycles. The van der Waals surface area contributed by atoms with Crippen molar-refractivity contribution < 1.29 is 14.6 Å². The van der Waals surface area contributed by atoms with Gasteiger partial charge in [-0.1, -0.05) is 0 Å². The topological polar surface area (TPSA) is 75.8 Å². The highest BCUT2D eigenvalue weighted by atomic mass is 32.2. The Bertz CT molecular complexity index is 526. The first-order chi connectivity index (χ1) is 9.26. The molecule has 0 radical (unpaired) electrons. The molecule has 0 aromatic heterocycles. The van der Waals surface area contributed by atoms with Crippen LogP contribution in [0.1, 0.15) is 26.3 Å². The minimum absolute atomic E-state index is 0.0513. The molecule has 0 spiro atoms. The predicted molar refractivity (Wildman–Crippen MR) is 79.9 cm³/mol. The molecule has 0 saturated carbocycles. The molecule has 1 aliphatic heterocycles. The van der Waals surface area contributed by atoms with E-state index in [0.29, 0.717) is 18.8 Å². The van der Waals surface area contributed by atoms with Gasteiger partial charge < -0.3 is 20.5 Å². The van der Waals surface area contributed by atoms with E-state index >= 15 is 0 Å². The summed E-state index contributed by atoms with van der Waals surface area (Å²) in [6.45, 7) is 6.56. The standard InChI is InChI=1S/C14H20N2O3S/c1-14(2,3)19-13(18)16-4-5-20-12-7-10(15)11(17)6-9(12)8-16/h6-7,17H,4-5,8,15H2,1-3H3. The molecule has 20 heavy (non-hydrogen) atoms. The molecule has 6 heteroatoms. The lowest BCUT2D eigenvalue weighted by molar-refractivity contribution is 0.0247. The van der Waals surface area contributed by atoms with E-state index in [0.717, 1.165) is 16.2 Å². The van der Waals surface area contributed by atoms with Crippen LogP contribution >= 0.6 is 11.8 Å². The van der Waals surface area contributed by atoms with Crippen LogP contribution in [0.4, 0.5) is 10.5 Å². The Morgan fingerprint density at radius 1 is 1.45 bits per heavy atom. The first kappa shape index (κ1) is 14.8. The highest BCUT2D eigenvalue weighted by molar-refractivity contribution is 7.99. The molecule has 110 valence electrons. The summed E-state index contributed by atoms with van der Waals surface area (Å²) >= 11 is 1.63. The molecule has 0 atom stereocenters. The molecule has 1 aromatic carbocycles. The number of nitrogens with zero attached hydrogens (tertiary/aromatic N) is 1. The smallest absolute Gasteiger partial charge is 0.410 e. The van der Waals surface area contributed by atoms with Crippen LogP contribution in [0.15, 0.2) is 17.0 Å². The van der Waals surface area contributed by atoms with Gasteiger partial charge in [-0.3, -0.25) is 0 Å². The monoisotopic (exact) mass is 296 g/mol. The van der Waals surface area contributed by atoms with E-state index in [2.05, 4.69) is 0 Å². The molecule has 1 aliphatic rings. The van der Waals surface area contributed by atoms with Crippen molar-refractivity contribution in [1.82, 2.24) is 4.90 Å². The Labute approximate surface area is 123 Å². The summed E-state index contributed by atoms with van der Waals surface area (Å²) in [6.07, 6.45) is -0.331. The Morgan fingerprint density at radius 2 is 2.15 bits per heavy atom. The maximum absolute atomic E-state index is 12.1. The van der Waals surface area contributed by atoms with Crippen LogP contribution in [0, 0.1) is 0 Å². The van der Waals surface area contributed by atoms with Gasteiger partial charge in [0.1, 0.15) is 11.4 Å². The summed E-state index contributed by atoms with van der Waals surface area (Å²) in [5.74, 6) is 0.826. The second-order valence-corrected chi connectivity index (χ2v) is 6.91. The number of nitrogen functional groups attached to an aromatic ring is 1. The molecule has 2 rings (SSSR count). The lowest BCUT2D eigenvalue weighted by atomic mass is 10.1. The van der Waals surface area contributed by atoms with Crippen molar-refractivity contribution in [3.05, 3.63) is 17.7 Å². The predicted octanol–water partition coefficient (Wildman–Crippen LogP) is 2.82. The Morgan fingerprint density at radius 3 is 2.80 bits per heavy atom. The number of phenolic OH excluding ortho intramolecular Hbond substituents is 1. The van der Waals surface area contributed by atoms with Gasteiger partial charge >= 0.3 is 6.09 Å². The van der Waals surface area contributed by atoms with Crippen LogP contribution in [0.3, 0.4) is 0 Å². The normalized spacial score (nSPS) is 15.4. The summed E-state index contributed by atoms with van der Waals surface area (Å²) in [5, 5.41) is 9.71. The second-order valence-electron chi connectivity index (χ2n) is 5.77. The molecule has 0 aliphatic carbocycles. The highest BCUT2D eigenvalue weighted by Gasteiger charge is 2.25. The number of benzene rings is 1. The van der Waals surface area contributed by atoms with Crippen LogP contribution in [0.2, 0.25) is 0 Å². The van der Waals surface area contributed by atoms with E-state index in [1.165, 1.54) is 0 Å². The zero-order valence-electron chi connectivity index (χ0n) is 12.0. The summed E-state index contributed by atoms with van der Waals surface area (Å²) in [5.41, 5.74) is 6.45. The Balaban J connectivity index is 2.19. The summed E-state index contributed by atoms with van der Waals surface area (Å²) in [6, 6.07) is 3.38. The zero-order chi connectivity index (χ0) is 14.9. The maximum atomic E-state index is 12.1. The summed E-state index contributed by atoms with van der Waals surface area (Å²) in [7, 11) is 0. The molecule has 1 aromatic rings. The average molecular weight is 296 g/mol. The SMILES string of the molecule is CC(C)(C)OC(=O)N1CCSc2cc(N)c(O)cc2C1. The Hall–Kier alpha value is -1.56. The van der Waals surface area contributed by atoms with Gasteiger partial charge in [0.05, 0.1) is 12.2 Å². The summed E-state index contributed by atoms with van der Waals surface area (Å²) < 4.78 is 5.39. The third-order valence-corrected chi connectivity index (χ3v) is 3.92. The van der Waals surface area contributed by atoms with E-state index in [1.54, 1.807) is 28.8 Å². The number of carbonyl (C=O) groups is 1. The fourth-order valence-electron chi connectivity index (χ4n) is 1.92. The van der Waals surface area contributed by atoms with Crippen molar-refractivity contribution in [1.29, 1.82) is 0 Å². The number of fused-ring (bicyclic) bond motifs is 1.